The standard InChI is InChI=1S/C12H12FNO4/c13-9-3-1-8(2-4-9)5-6-18-12(15)10-7-11(10)14(16)17/h1-4,10-11H,5-7H2/t10-,11-/m1/s1. The SMILES string of the molecule is O=C(OCCc1ccc(F)cc1)[C@@H]1C[C@H]1[N+](=O)[O-]. The van der Waals surface area contributed by atoms with Gasteiger partial charge in [-0.3, -0.25) is 14.9 Å². The number of carbonyl (C=O) groups excluding carboxylic acids is 1. The monoisotopic (exact) mass is 253 g/mol. The van der Waals surface area contributed by atoms with Crippen molar-refractivity contribution >= 4 is 5.97 Å². The van der Waals surface area contributed by atoms with Crippen LogP contribution in [0, 0.1) is 21.8 Å². The van der Waals surface area contributed by atoms with Crippen LogP contribution in [-0.4, -0.2) is 23.5 Å². The number of ether oxygens (including phenoxy) is 1. The van der Waals surface area contributed by atoms with Crippen LogP contribution in [0.1, 0.15) is 12.0 Å². The number of halogens is 1. The van der Waals surface area contributed by atoms with Gasteiger partial charge < -0.3 is 4.74 Å². The lowest BCUT2D eigenvalue weighted by Crippen LogP contribution is -2.15. The van der Waals surface area contributed by atoms with Gasteiger partial charge in [0, 0.05) is 17.8 Å². The van der Waals surface area contributed by atoms with Gasteiger partial charge in [-0.1, -0.05) is 12.1 Å². The van der Waals surface area contributed by atoms with Crippen LogP contribution in [0.4, 0.5) is 4.39 Å². The third-order valence-corrected chi connectivity index (χ3v) is 2.88. The number of esters is 1. The lowest BCUT2D eigenvalue weighted by molar-refractivity contribution is -0.497. The van der Waals surface area contributed by atoms with Crippen LogP contribution in [0.25, 0.3) is 0 Å². The number of nitro groups is 1. The molecule has 6 heteroatoms. The molecular weight excluding hydrogens is 241 g/mol. The van der Waals surface area contributed by atoms with Gasteiger partial charge in [-0.05, 0) is 17.7 Å². The van der Waals surface area contributed by atoms with Gasteiger partial charge in [0.25, 0.3) is 0 Å². The molecule has 0 spiro atoms. The quantitative estimate of drug-likeness (QED) is 0.454. The number of rotatable bonds is 5. The molecule has 0 N–H and O–H groups in total. The largest absolute Gasteiger partial charge is 0.465 e. The summed E-state index contributed by atoms with van der Waals surface area (Å²) in [7, 11) is 0. The summed E-state index contributed by atoms with van der Waals surface area (Å²) in [5, 5.41) is 10.4. The predicted octanol–water partition coefficient (Wildman–Crippen LogP) is 1.58. The molecule has 0 bridgehead atoms. The van der Waals surface area contributed by atoms with Gasteiger partial charge in [0.1, 0.15) is 11.7 Å². The molecule has 18 heavy (non-hydrogen) atoms. The second kappa shape index (κ2) is 5.12. The van der Waals surface area contributed by atoms with Crippen molar-refractivity contribution in [3.63, 3.8) is 0 Å². The molecule has 1 aliphatic rings. The topological polar surface area (TPSA) is 69.4 Å². The number of nitrogens with zero attached hydrogens (tertiary/aromatic N) is 1. The minimum atomic E-state index is -0.775. The summed E-state index contributed by atoms with van der Waals surface area (Å²) in [4.78, 5) is 21.3. The van der Waals surface area contributed by atoms with Crippen LogP contribution >= 0.6 is 0 Å². The Hall–Kier alpha value is -1.98. The molecule has 5 nitrogen and oxygen atoms in total. The van der Waals surface area contributed by atoms with E-state index in [2.05, 4.69) is 0 Å². The van der Waals surface area contributed by atoms with Crippen molar-refractivity contribution in [1.82, 2.24) is 0 Å². The van der Waals surface area contributed by atoms with E-state index in [0.29, 0.717) is 6.42 Å². The second-order valence-corrected chi connectivity index (χ2v) is 4.24. The van der Waals surface area contributed by atoms with E-state index in [1.165, 1.54) is 12.1 Å². The molecule has 0 amide bonds. The smallest absolute Gasteiger partial charge is 0.316 e. The van der Waals surface area contributed by atoms with E-state index in [1.54, 1.807) is 12.1 Å². The van der Waals surface area contributed by atoms with E-state index in [0.717, 1.165) is 5.56 Å². The summed E-state index contributed by atoms with van der Waals surface area (Å²) >= 11 is 0. The van der Waals surface area contributed by atoms with Crippen LogP contribution in [0.2, 0.25) is 0 Å². The van der Waals surface area contributed by atoms with E-state index >= 15 is 0 Å². The molecule has 0 aliphatic heterocycles. The van der Waals surface area contributed by atoms with Crippen LogP contribution in [0.3, 0.4) is 0 Å². The second-order valence-electron chi connectivity index (χ2n) is 4.24. The molecular formula is C12H12FNO4. The van der Waals surface area contributed by atoms with Crippen molar-refractivity contribution < 1.29 is 18.8 Å². The van der Waals surface area contributed by atoms with Crippen molar-refractivity contribution in [3.05, 3.63) is 45.8 Å². The summed E-state index contributed by atoms with van der Waals surface area (Å²) in [6, 6.07) is 5.12. The van der Waals surface area contributed by atoms with Crippen molar-refractivity contribution in [2.24, 2.45) is 5.92 Å². The fourth-order valence-electron chi connectivity index (χ4n) is 1.70. The highest BCUT2D eigenvalue weighted by molar-refractivity contribution is 5.76. The van der Waals surface area contributed by atoms with E-state index in [1.807, 2.05) is 0 Å². The molecule has 0 unspecified atom stereocenters. The first kappa shape index (κ1) is 12.5. The Morgan fingerprint density at radius 1 is 1.44 bits per heavy atom. The lowest BCUT2D eigenvalue weighted by Gasteiger charge is -2.03. The molecule has 0 saturated heterocycles. The van der Waals surface area contributed by atoms with Crippen molar-refractivity contribution in [3.8, 4) is 0 Å². The van der Waals surface area contributed by atoms with Crippen molar-refractivity contribution in [2.45, 2.75) is 18.9 Å². The lowest BCUT2D eigenvalue weighted by atomic mass is 10.2. The van der Waals surface area contributed by atoms with Crippen molar-refractivity contribution in [1.29, 1.82) is 0 Å². The predicted molar refractivity (Wildman–Crippen MR) is 60.0 cm³/mol. The zero-order valence-electron chi connectivity index (χ0n) is 9.54. The molecule has 1 fully saturated rings. The minimum Gasteiger partial charge on any atom is -0.465 e. The Labute approximate surface area is 103 Å². The van der Waals surface area contributed by atoms with Gasteiger partial charge in [0.15, 0.2) is 0 Å². The summed E-state index contributed by atoms with van der Waals surface area (Å²) in [5.41, 5.74) is 0.853. The van der Waals surface area contributed by atoms with E-state index in [9.17, 15) is 19.3 Å². The van der Waals surface area contributed by atoms with E-state index in [4.69, 9.17) is 4.74 Å². The first-order valence-electron chi connectivity index (χ1n) is 5.62. The molecule has 1 aromatic carbocycles. The van der Waals surface area contributed by atoms with Gasteiger partial charge in [-0.25, -0.2) is 4.39 Å². The molecule has 2 atom stereocenters. The van der Waals surface area contributed by atoms with Gasteiger partial charge >= 0.3 is 5.97 Å². The Balaban J connectivity index is 1.71. The maximum Gasteiger partial charge on any atom is 0.316 e. The Morgan fingerprint density at radius 3 is 2.67 bits per heavy atom. The average molecular weight is 253 g/mol. The average Bonchev–Trinajstić information content (AvgIpc) is 3.11. The normalized spacial score (nSPS) is 21.4. The third-order valence-electron chi connectivity index (χ3n) is 2.88. The number of hydrogen-bond acceptors (Lipinski definition) is 4. The number of hydrogen-bond donors (Lipinski definition) is 0. The molecule has 2 rings (SSSR count). The van der Waals surface area contributed by atoms with Gasteiger partial charge in [-0.15, -0.1) is 0 Å². The van der Waals surface area contributed by atoms with Crippen LogP contribution in [0.5, 0.6) is 0 Å². The molecule has 96 valence electrons. The van der Waals surface area contributed by atoms with E-state index in [-0.39, 0.29) is 18.8 Å². The van der Waals surface area contributed by atoms with Crippen LogP contribution in [-0.2, 0) is 16.0 Å². The van der Waals surface area contributed by atoms with Gasteiger partial charge in [-0.2, -0.15) is 0 Å². The maximum absolute atomic E-state index is 12.6. The molecule has 0 heterocycles. The zero-order chi connectivity index (χ0) is 13.1. The molecule has 1 aromatic rings. The highest BCUT2D eigenvalue weighted by atomic mass is 19.1. The molecule has 1 aliphatic carbocycles. The Kier molecular flexibility index (Phi) is 3.55. The van der Waals surface area contributed by atoms with E-state index < -0.39 is 22.9 Å². The summed E-state index contributed by atoms with van der Waals surface area (Å²) in [6.45, 7) is 0.158. The molecule has 1 saturated carbocycles. The highest BCUT2D eigenvalue weighted by Crippen LogP contribution is 2.34. The third kappa shape index (κ3) is 3.03. The summed E-state index contributed by atoms with van der Waals surface area (Å²) < 4.78 is 17.6. The van der Waals surface area contributed by atoms with Gasteiger partial charge in [0.05, 0.1) is 6.61 Å². The highest BCUT2D eigenvalue weighted by Gasteiger charge is 2.54. The maximum atomic E-state index is 12.6. The minimum absolute atomic E-state index is 0.158. The number of carbonyl (C=O) groups is 1. The van der Waals surface area contributed by atoms with Gasteiger partial charge in [0.2, 0.25) is 6.04 Å². The zero-order valence-corrected chi connectivity index (χ0v) is 9.54. The summed E-state index contributed by atoms with van der Waals surface area (Å²) in [5.74, 6) is -1.42. The fourth-order valence-corrected chi connectivity index (χ4v) is 1.70. The number of benzene rings is 1. The fraction of sp³-hybridized carbons (Fsp3) is 0.417. The molecule has 0 aromatic heterocycles. The Morgan fingerprint density at radius 2 is 2.11 bits per heavy atom. The van der Waals surface area contributed by atoms with Crippen LogP contribution < -0.4 is 0 Å². The van der Waals surface area contributed by atoms with Crippen molar-refractivity contribution in [2.75, 3.05) is 6.61 Å². The molecule has 0 radical (unpaired) electrons. The first-order valence-corrected chi connectivity index (χ1v) is 5.62. The van der Waals surface area contributed by atoms with Crippen LogP contribution in [0.15, 0.2) is 24.3 Å². The first-order chi connectivity index (χ1) is 8.58. The Bertz CT molecular complexity index is 460. The summed E-state index contributed by atoms with van der Waals surface area (Å²) in [6.07, 6.45) is 0.740.